The van der Waals surface area contributed by atoms with Gasteiger partial charge in [-0.3, -0.25) is 14.5 Å². The minimum atomic E-state index is -0.170. The van der Waals surface area contributed by atoms with Crippen LogP contribution in [0.25, 0.3) is 0 Å². The lowest BCUT2D eigenvalue weighted by Crippen LogP contribution is -2.38. The van der Waals surface area contributed by atoms with Gasteiger partial charge in [0, 0.05) is 32.5 Å². The fraction of sp³-hybridized carbons (Fsp3) is 0.438. The lowest BCUT2D eigenvalue weighted by molar-refractivity contribution is 0.0703. The van der Waals surface area contributed by atoms with Crippen molar-refractivity contribution in [3.63, 3.8) is 0 Å². The Balaban J connectivity index is 0.00000156. The van der Waals surface area contributed by atoms with Gasteiger partial charge in [-0.1, -0.05) is 0 Å². The number of nitrogens with zero attached hydrogens (tertiary/aromatic N) is 4. The van der Waals surface area contributed by atoms with Gasteiger partial charge in [-0.05, 0) is 30.5 Å². The average Bonchev–Trinajstić information content (AvgIpc) is 3.28. The Kier molecular flexibility index (Phi) is 4.12. The van der Waals surface area contributed by atoms with E-state index in [0.717, 1.165) is 42.8 Å². The van der Waals surface area contributed by atoms with Crippen LogP contribution in [-0.4, -0.2) is 39.2 Å². The van der Waals surface area contributed by atoms with E-state index in [2.05, 4.69) is 15.4 Å². The number of nitrogens with one attached hydrogen (secondary N) is 1. The summed E-state index contributed by atoms with van der Waals surface area (Å²) in [5.74, 6) is 0.0549. The molecular formula is C16H20ClN5O. The lowest BCUT2D eigenvalue weighted by atomic mass is 10.0. The van der Waals surface area contributed by atoms with E-state index < -0.39 is 0 Å². The molecule has 0 aromatic carbocycles. The van der Waals surface area contributed by atoms with E-state index in [0.29, 0.717) is 6.54 Å². The summed E-state index contributed by atoms with van der Waals surface area (Å²) in [7, 11) is 1.90. The fourth-order valence-corrected chi connectivity index (χ4v) is 3.33. The van der Waals surface area contributed by atoms with Gasteiger partial charge in [0.2, 0.25) is 0 Å². The second-order valence-electron chi connectivity index (χ2n) is 6.04. The molecule has 1 fully saturated rings. The van der Waals surface area contributed by atoms with E-state index >= 15 is 0 Å². The summed E-state index contributed by atoms with van der Waals surface area (Å²) < 4.78 is 1.93. The molecule has 0 spiro atoms. The van der Waals surface area contributed by atoms with Gasteiger partial charge in [-0.25, -0.2) is 0 Å². The van der Waals surface area contributed by atoms with E-state index in [-0.39, 0.29) is 23.9 Å². The molecule has 1 N–H and O–H groups in total. The van der Waals surface area contributed by atoms with Crippen molar-refractivity contribution in [3.8, 4) is 0 Å². The van der Waals surface area contributed by atoms with Crippen LogP contribution in [0.15, 0.2) is 30.7 Å². The number of carbonyl (C=O) groups is 1. The number of hydrogen-bond acceptors (Lipinski definition) is 4. The molecular weight excluding hydrogens is 314 g/mol. The van der Waals surface area contributed by atoms with E-state index in [1.165, 1.54) is 0 Å². The van der Waals surface area contributed by atoms with Crippen molar-refractivity contribution in [3.05, 3.63) is 47.5 Å². The normalized spacial score (nSPS) is 17.8. The topological polar surface area (TPSA) is 63.1 Å². The fourth-order valence-electron chi connectivity index (χ4n) is 3.33. The summed E-state index contributed by atoms with van der Waals surface area (Å²) in [6.07, 6.45) is 7.30. The van der Waals surface area contributed by atoms with Gasteiger partial charge in [0.1, 0.15) is 0 Å². The number of halogens is 1. The zero-order valence-corrected chi connectivity index (χ0v) is 13.8. The Labute approximate surface area is 141 Å². The molecule has 0 saturated heterocycles. The maximum atomic E-state index is 13.0. The molecule has 6 nitrogen and oxygen atoms in total. The third kappa shape index (κ3) is 2.52. The molecule has 0 unspecified atom stereocenters. The van der Waals surface area contributed by atoms with E-state index in [1.54, 1.807) is 18.6 Å². The number of fused-ring (bicyclic) bond motifs is 1. The highest BCUT2D eigenvalue weighted by molar-refractivity contribution is 5.95. The van der Waals surface area contributed by atoms with Crippen LogP contribution in [0, 0.1) is 0 Å². The third-order valence-corrected chi connectivity index (χ3v) is 4.86. The molecule has 1 aliphatic heterocycles. The number of hydrogen-bond donors (Lipinski definition) is 1. The molecule has 2 aromatic heterocycles. The van der Waals surface area contributed by atoms with Crippen LogP contribution in [-0.2, 0) is 18.6 Å². The smallest absolute Gasteiger partial charge is 0.257 e. The first kappa shape index (κ1) is 16.0. The molecule has 0 radical (unpaired) electrons. The Bertz CT molecular complexity index is 711. The maximum absolute atomic E-state index is 13.0. The predicted octanol–water partition coefficient (Wildman–Crippen LogP) is 1.56. The predicted molar refractivity (Wildman–Crippen MR) is 88.4 cm³/mol. The van der Waals surface area contributed by atoms with Gasteiger partial charge in [0.15, 0.2) is 0 Å². The van der Waals surface area contributed by atoms with E-state index in [1.807, 2.05) is 28.8 Å². The molecule has 0 atom stereocenters. The summed E-state index contributed by atoms with van der Waals surface area (Å²) in [5, 5.41) is 7.66. The maximum Gasteiger partial charge on any atom is 0.257 e. The number of aromatic nitrogens is 3. The molecule has 122 valence electrons. The minimum absolute atomic E-state index is 0. The van der Waals surface area contributed by atoms with E-state index in [9.17, 15) is 4.79 Å². The zero-order chi connectivity index (χ0) is 15.2. The number of rotatable bonds is 3. The van der Waals surface area contributed by atoms with Crippen LogP contribution in [0.2, 0.25) is 0 Å². The van der Waals surface area contributed by atoms with Crippen LogP contribution >= 0.6 is 12.4 Å². The molecule has 23 heavy (non-hydrogen) atoms. The molecule has 1 aliphatic carbocycles. The average molecular weight is 334 g/mol. The summed E-state index contributed by atoms with van der Waals surface area (Å²) >= 11 is 0. The van der Waals surface area contributed by atoms with Crippen molar-refractivity contribution >= 4 is 18.3 Å². The summed E-state index contributed by atoms with van der Waals surface area (Å²) in [5.41, 5.74) is 2.71. The highest BCUT2D eigenvalue weighted by Crippen LogP contribution is 2.50. The second-order valence-corrected chi connectivity index (χ2v) is 6.04. The number of pyridine rings is 1. The summed E-state index contributed by atoms with van der Waals surface area (Å²) in [4.78, 5) is 18.9. The third-order valence-electron chi connectivity index (χ3n) is 4.86. The van der Waals surface area contributed by atoms with Crippen molar-refractivity contribution < 1.29 is 4.79 Å². The van der Waals surface area contributed by atoms with Crippen molar-refractivity contribution in [2.75, 3.05) is 13.6 Å². The molecule has 7 heteroatoms. The monoisotopic (exact) mass is 333 g/mol. The van der Waals surface area contributed by atoms with Crippen molar-refractivity contribution in [1.29, 1.82) is 0 Å². The minimum Gasteiger partial charge on any atom is -0.332 e. The molecule has 4 rings (SSSR count). The quantitative estimate of drug-likeness (QED) is 0.926. The summed E-state index contributed by atoms with van der Waals surface area (Å²) in [6.45, 7) is 2.43. The van der Waals surface area contributed by atoms with Crippen LogP contribution in [0.4, 0.5) is 0 Å². The Hall–Kier alpha value is -1.92. The Morgan fingerprint density at radius 1 is 1.35 bits per heavy atom. The highest BCUT2D eigenvalue weighted by atomic mass is 35.5. The van der Waals surface area contributed by atoms with Crippen molar-refractivity contribution in [2.24, 2.45) is 0 Å². The first-order valence-corrected chi connectivity index (χ1v) is 7.66. The molecule has 1 saturated carbocycles. The van der Waals surface area contributed by atoms with Gasteiger partial charge in [0.25, 0.3) is 5.91 Å². The second kappa shape index (κ2) is 5.94. The first-order chi connectivity index (χ1) is 10.7. The van der Waals surface area contributed by atoms with Gasteiger partial charge in [-0.15, -0.1) is 12.4 Å². The molecule has 3 heterocycles. The highest BCUT2D eigenvalue weighted by Gasteiger charge is 2.50. The first-order valence-electron chi connectivity index (χ1n) is 7.66. The van der Waals surface area contributed by atoms with E-state index in [4.69, 9.17) is 0 Å². The summed E-state index contributed by atoms with van der Waals surface area (Å²) in [6, 6.07) is 4.01. The number of carbonyl (C=O) groups excluding carboxylic acids is 1. The molecule has 2 aromatic rings. The zero-order valence-electron chi connectivity index (χ0n) is 13.0. The van der Waals surface area contributed by atoms with Crippen molar-refractivity contribution in [1.82, 2.24) is 25.0 Å². The Morgan fingerprint density at radius 2 is 2.09 bits per heavy atom. The Morgan fingerprint density at radius 3 is 2.78 bits per heavy atom. The van der Waals surface area contributed by atoms with Crippen LogP contribution < -0.4 is 5.32 Å². The SMILES string of the molecule is CN(C(=O)c1cnn2c1CNCC2)C1(c2ccncc2)CC1.Cl. The van der Waals surface area contributed by atoms with Gasteiger partial charge >= 0.3 is 0 Å². The van der Waals surface area contributed by atoms with Crippen LogP contribution in [0.1, 0.15) is 34.5 Å². The van der Waals surface area contributed by atoms with Crippen LogP contribution in [0.3, 0.4) is 0 Å². The van der Waals surface area contributed by atoms with Crippen molar-refractivity contribution in [2.45, 2.75) is 31.5 Å². The molecule has 0 bridgehead atoms. The molecule has 1 amide bonds. The van der Waals surface area contributed by atoms with Gasteiger partial charge < -0.3 is 10.2 Å². The standard InChI is InChI=1S/C16H19N5O.ClH/c1-20(16(4-5-16)12-2-6-17-7-3-12)15(22)13-10-19-21-9-8-18-11-14(13)21;/h2-3,6-7,10,18H,4-5,8-9,11H2,1H3;1H. The van der Waals surface area contributed by atoms with Crippen LogP contribution in [0.5, 0.6) is 0 Å². The number of amides is 1. The van der Waals surface area contributed by atoms with Gasteiger partial charge in [-0.2, -0.15) is 5.10 Å². The molecule has 2 aliphatic rings. The van der Waals surface area contributed by atoms with Gasteiger partial charge in [0.05, 0.1) is 29.5 Å². The lowest BCUT2D eigenvalue weighted by Gasteiger charge is -2.29. The largest absolute Gasteiger partial charge is 0.332 e.